The van der Waals surface area contributed by atoms with Crippen LogP contribution in [0.15, 0.2) is 29.2 Å². The van der Waals surface area contributed by atoms with Gasteiger partial charge in [0.25, 0.3) is 0 Å². The third-order valence-corrected chi connectivity index (χ3v) is 8.10. The molecule has 1 saturated heterocycles. The van der Waals surface area contributed by atoms with Crippen LogP contribution in [0.1, 0.15) is 57.8 Å². The fourth-order valence-electron chi connectivity index (χ4n) is 4.10. The first kappa shape index (κ1) is 27.7. The molecule has 2 aliphatic rings. The predicted octanol–water partition coefficient (Wildman–Crippen LogP) is 4.97. The maximum atomic E-state index is 13.0. The Bertz CT molecular complexity index is 780. The number of sulfonamides is 1. The lowest BCUT2D eigenvalue weighted by Gasteiger charge is -2.32. The summed E-state index contributed by atoms with van der Waals surface area (Å²) >= 11 is 6.11. The Hall–Kier alpha value is -1.31. The molecule has 0 spiro atoms. The van der Waals surface area contributed by atoms with E-state index in [0.29, 0.717) is 19.6 Å². The standard InChI is InChI=1S/C21H31ClN3O3S.2CH2/c22-19-12-6-7-13-20(19)29(27,28)25-14-8-9-17(16-25)15-23-21(26)24-18-10-4-2-1-3-5-11-18;;/h6-7,12-13,17H,1-5,8-11,14-16H2,(H2,23,24,26);2*1H2. The number of nitrogens with zero attached hydrogens (tertiary/aromatic N) is 1. The summed E-state index contributed by atoms with van der Waals surface area (Å²) in [6.45, 7) is 1.34. The van der Waals surface area contributed by atoms with Crippen molar-refractivity contribution in [3.63, 3.8) is 0 Å². The van der Waals surface area contributed by atoms with Gasteiger partial charge in [0.15, 0.2) is 0 Å². The Morgan fingerprint density at radius 1 is 1.03 bits per heavy atom. The monoisotopic (exact) mass is 468 g/mol. The molecule has 1 unspecified atom stereocenters. The molecule has 2 amide bonds. The van der Waals surface area contributed by atoms with E-state index < -0.39 is 10.0 Å². The molecular formula is C23H35ClN3O3S. The summed E-state index contributed by atoms with van der Waals surface area (Å²) in [4.78, 5) is 12.5. The molecule has 3 rings (SSSR count). The fourth-order valence-corrected chi connectivity index (χ4v) is 6.15. The molecule has 1 aromatic rings. The van der Waals surface area contributed by atoms with Crippen molar-refractivity contribution in [2.75, 3.05) is 19.6 Å². The zero-order valence-electron chi connectivity index (χ0n) is 18.2. The third-order valence-electron chi connectivity index (χ3n) is 5.73. The van der Waals surface area contributed by atoms with Crippen molar-refractivity contribution < 1.29 is 13.2 Å². The number of rotatable bonds is 5. The Balaban J connectivity index is 0.00000240. The average Bonchev–Trinajstić information content (AvgIpc) is 2.69. The first-order chi connectivity index (χ1) is 14.0. The average molecular weight is 469 g/mol. The molecule has 0 bridgehead atoms. The highest BCUT2D eigenvalue weighted by Crippen LogP contribution is 2.28. The molecule has 5 radical (unpaired) electrons. The highest BCUT2D eigenvalue weighted by Gasteiger charge is 2.31. The van der Waals surface area contributed by atoms with E-state index in [9.17, 15) is 13.2 Å². The van der Waals surface area contributed by atoms with Gasteiger partial charge >= 0.3 is 6.03 Å². The van der Waals surface area contributed by atoms with E-state index >= 15 is 0 Å². The van der Waals surface area contributed by atoms with Gasteiger partial charge in [0.1, 0.15) is 4.90 Å². The number of carbonyl (C=O) groups excluding carboxylic acids is 1. The van der Waals surface area contributed by atoms with Crippen molar-refractivity contribution in [3.8, 4) is 0 Å². The Morgan fingerprint density at radius 3 is 2.35 bits per heavy atom. The van der Waals surface area contributed by atoms with Gasteiger partial charge in [-0.2, -0.15) is 4.31 Å². The Labute approximate surface area is 194 Å². The van der Waals surface area contributed by atoms with Gasteiger partial charge in [0, 0.05) is 19.6 Å². The molecule has 6 nitrogen and oxygen atoms in total. The number of hydrogen-bond donors (Lipinski definition) is 2. The number of hydrogen-bond acceptors (Lipinski definition) is 3. The number of carbonyl (C=O) groups is 1. The minimum absolute atomic E-state index is 0. The first-order valence-electron chi connectivity index (χ1n) is 10.6. The number of amides is 2. The molecule has 173 valence electrons. The lowest BCUT2D eigenvalue weighted by molar-refractivity contribution is 0.229. The molecule has 1 saturated carbocycles. The van der Waals surface area contributed by atoms with Gasteiger partial charge in [-0.3, -0.25) is 0 Å². The van der Waals surface area contributed by atoms with E-state index in [1.807, 2.05) is 0 Å². The van der Waals surface area contributed by atoms with E-state index in [2.05, 4.69) is 10.6 Å². The first-order valence-corrected chi connectivity index (χ1v) is 12.4. The summed E-state index contributed by atoms with van der Waals surface area (Å²) in [7, 11) is -3.63. The zero-order valence-corrected chi connectivity index (χ0v) is 19.8. The second-order valence-electron chi connectivity index (χ2n) is 8.01. The lowest BCUT2D eigenvalue weighted by atomic mass is 9.97. The lowest BCUT2D eigenvalue weighted by Crippen LogP contribution is -2.46. The quantitative estimate of drug-likeness (QED) is 0.640. The van der Waals surface area contributed by atoms with E-state index in [-0.39, 0.29) is 36.7 Å². The van der Waals surface area contributed by atoms with Crippen LogP contribution in [0, 0.1) is 26.8 Å². The molecule has 1 aromatic carbocycles. The van der Waals surface area contributed by atoms with Crippen molar-refractivity contribution in [1.29, 1.82) is 0 Å². The van der Waals surface area contributed by atoms with Gasteiger partial charge in [0.05, 0.1) is 11.1 Å². The molecule has 1 atom stereocenters. The summed E-state index contributed by atoms with van der Waals surface area (Å²) in [5.41, 5.74) is 0. The van der Waals surface area contributed by atoms with Gasteiger partial charge in [0.2, 0.25) is 10.0 Å². The Kier molecular flexibility index (Phi) is 11.9. The fraction of sp³-hybridized carbons (Fsp3) is 0.565. The van der Waals surface area contributed by atoms with Crippen molar-refractivity contribution in [3.05, 3.63) is 50.2 Å². The topological polar surface area (TPSA) is 78.5 Å². The third kappa shape index (κ3) is 7.95. The number of nitrogens with one attached hydrogen (secondary N) is 2. The highest BCUT2D eigenvalue weighted by atomic mass is 35.5. The summed E-state index contributed by atoms with van der Waals surface area (Å²) < 4.78 is 27.4. The van der Waals surface area contributed by atoms with E-state index in [1.54, 1.807) is 24.3 Å². The SMILES string of the molecule is O=C(NCC1CCCN(S(=O)(=O)c2ccccc2Cl)C1)N[C]1CCCCCCC1.[CH2].[CH2]. The molecular weight excluding hydrogens is 434 g/mol. The van der Waals surface area contributed by atoms with Gasteiger partial charge in [-0.05, 0) is 43.7 Å². The molecule has 1 heterocycles. The minimum atomic E-state index is -3.63. The van der Waals surface area contributed by atoms with Gasteiger partial charge in [-0.25, -0.2) is 13.2 Å². The predicted molar refractivity (Wildman–Crippen MR) is 126 cm³/mol. The van der Waals surface area contributed by atoms with Crippen LogP contribution in [0.5, 0.6) is 0 Å². The van der Waals surface area contributed by atoms with Crippen molar-refractivity contribution in [1.82, 2.24) is 14.9 Å². The summed E-state index contributed by atoms with van der Waals surface area (Å²) in [6.07, 6.45) is 9.59. The largest absolute Gasteiger partial charge is 0.338 e. The summed E-state index contributed by atoms with van der Waals surface area (Å²) in [6, 6.07) is 7.48. The van der Waals surface area contributed by atoms with Crippen molar-refractivity contribution in [2.24, 2.45) is 5.92 Å². The van der Waals surface area contributed by atoms with Crippen LogP contribution >= 0.6 is 11.6 Å². The number of halogens is 1. The van der Waals surface area contributed by atoms with Crippen LogP contribution in [0.25, 0.3) is 0 Å². The smallest absolute Gasteiger partial charge is 0.315 e. The van der Waals surface area contributed by atoms with Gasteiger partial charge in [-0.15, -0.1) is 0 Å². The summed E-state index contributed by atoms with van der Waals surface area (Å²) in [5.74, 6) is 0.0918. The van der Waals surface area contributed by atoms with Crippen LogP contribution in [0.2, 0.25) is 5.02 Å². The van der Waals surface area contributed by atoms with Crippen molar-refractivity contribution in [2.45, 2.75) is 62.7 Å². The van der Waals surface area contributed by atoms with E-state index in [0.717, 1.165) is 44.6 Å². The molecule has 31 heavy (non-hydrogen) atoms. The number of benzene rings is 1. The van der Waals surface area contributed by atoms with Gasteiger partial charge < -0.3 is 10.6 Å². The zero-order chi connectivity index (χ0) is 20.7. The maximum Gasteiger partial charge on any atom is 0.315 e. The number of piperidine rings is 1. The van der Waals surface area contributed by atoms with E-state index in [4.69, 9.17) is 11.6 Å². The van der Waals surface area contributed by atoms with Crippen LogP contribution in [0.3, 0.4) is 0 Å². The van der Waals surface area contributed by atoms with Crippen LogP contribution < -0.4 is 10.6 Å². The second-order valence-corrected chi connectivity index (χ2v) is 10.3. The second kappa shape index (κ2) is 13.3. The van der Waals surface area contributed by atoms with Crippen molar-refractivity contribution >= 4 is 27.7 Å². The Morgan fingerprint density at radius 2 is 1.68 bits per heavy atom. The van der Waals surface area contributed by atoms with Crippen LogP contribution in [0.4, 0.5) is 4.79 Å². The number of urea groups is 1. The molecule has 2 N–H and O–H groups in total. The molecule has 1 aliphatic heterocycles. The minimum Gasteiger partial charge on any atom is -0.338 e. The molecule has 8 heteroatoms. The normalized spacial score (nSPS) is 21.0. The van der Waals surface area contributed by atoms with Crippen LogP contribution in [-0.4, -0.2) is 38.4 Å². The van der Waals surface area contributed by atoms with E-state index in [1.165, 1.54) is 23.6 Å². The molecule has 0 aromatic heterocycles. The maximum absolute atomic E-state index is 13.0. The molecule has 1 aliphatic carbocycles. The molecule has 2 fully saturated rings. The summed E-state index contributed by atoms with van der Waals surface area (Å²) in [5, 5.41) is 6.20. The highest BCUT2D eigenvalue weighted by molar-refractivity contribution is 7.89. The van der Waals surface area contributed by atoms with Gasteiger partial charge in [-0.1, -0.05) is 70.7 Å². The van der Waals surface area contributed by atoms with Crippen LogP contribution in [-0.2, 0) is 10.0 Å².